The zero-order chi connectivity index (χ0) is 23.7. The molecule has 5 rings (SSSR count). The molecule has 176 valence electrons. The van der Waals surface area contributed by atoms with Gasteiger partial charge >= 0.3 is 0 Å². The number of carbonyl (C=O) groups excluding carboxylic acids is 2. The van der Waals surface area contributed by atoms with Crippen LogP contribution in [0.4, 0.5) is 0 Å². The molecule has 2 aromatic heterocycles. The van der Waals surface area contributed by atoms with Crippen LogP contribution in [0.1, 0.15) is 22.2 Å². The Morgan fingerprint density at radius 3 is 2.59 bits per heavy atom. The van der Waals surface area contributed by atoms with E-state index in [0.717, 1.165) is 23.7 Å². The van der Waals surface area contributed by atoms with Gasteiger partial charge in [-0.05, 0) is 30.5 Å². The van der Waals surface area contributed by atoms with Crippen molar-refractivity contribution in [3.8, 4) is 5.69 Å². The van der Waals surface area contributed by atoms with E-state index < -0.39 is 17.7 Å². The second-order valence-electron chi connectivity index (χ2n) is 8.35. The van der Waals surface area contributed by atoms with Gasteiger partial charge in [0.05, 0.1) is 48.0 Å². The van der Waals surface area contributed by atoms with Crippen molar-refractivity contribution in [2.75, 3.05) is 39.4 Å². The summed E-state index contributed by atoms with van der Waals surface area (Å²) in [5.41, 5.74) is 2.09. The molecule has 1 N–H and O–H groups in total. The van der Waals surface area contributed by atoms with Gasteiger partial charge in [0.2, 0.25) is 0 Å². The summed E-state index contributed by atoms with van der Waals surface area (Å²) in [6.07, 6.45) is 1.55. The molecule has 0 aliphatic carbocycles. The maximum absolute atomic E-state index is 13.2. The van der Waals surface area contributed by atoms with Gasteiger partial charge in [-0.2, -0.15) is 5.10 Å². The smallest absolute Gasteiger partial charge is 0.295 e. The number of Topliss-reactive ketones (excluding diaryl/α,β-unsaturated/α-hetero) is 1. The Kier molecular flexibility index (Phi) is 6.32. The molecule has 0 unspecified atom stereocenters. The van der Waals surface area contributed by atoms with Crippen LogP contribution in [0.15, 0.2) is 59.6 Å². The van der Waals surface area contributed by atoms with E-state index in [1.165, 1.54) is 11.3 Å². The van der Waals surface area contributed by atoms with Crippen molar-refractivity contribution in [1.29, 1.82) is 0 Å². The fourth-order valence-corrected chi connectivity index (χ4v) is 5.39. The number of ether oxygens (including phenoxy) is 1. The summed E-state index contributed by atoms with van der Waals surface area (Å²) in [4.78, 5) is 31.0. The van der Waals surface area contributed by atoms with Crippen molar-refractivity contribution >= 4 is 28.8 Å². The number of aromatic nitrogens is 2. The summed E-state index contributed by atoms with van der Waals surface area (Å²) in [6, 6.07) is 12.7. The molecule has 0 bridgehead atoms. The fraction of sp³-hybridized carbons (Fsp3) is 0.320. The highest BCUT2D eigenvalue weighted by Gasteiger charge is 2.46. The second-order valence-corrected chi connectivity index (χ2v) is 9.33. The lowest BCUT2D eigenvalue weighted by molar-refractivity contribution is -0.140. The first-order chi connectivity index (χ1) is 16.6. The molecule has 0 spiro atoms. The van der Waals surface area contributed by atoms with E-state index in [1.54, 1.807) is 15.8 Å². The third-order valence-electron chi connectivity index (χ3n) is 6.38. The van der Waals surface area contributed by atoms with E-state index in [1.807, 2.05) is 54.8 Å². The van der Waals surface area contributed by atoms with Crippen molar-refractivity contribution in [3.63, 3.8) is 0 Å². The fourth-order valence-electron chi connectivity index (χ4n) is 4.54. The molecule has 2 fully saturated rings. The average Bonchev–Trinajstić information content (AvgIpc) is 3.58. The number of rotatable bonds is 6. The molecule has 2 aliphatic rings. The Bertz CT molecular complexity index is 1210. The molecule has 1 aromatic carbocycles. The zero-order valence-electron chi connectivity index (χ0n) is 18.9. The minimum atomic E-state index is -0.662. The van der Waals surface area contributed by atoms with Crippen LogP contribution in [0.3, 0.4) is 0 Å². The highest BCUT2D eigenvalue weighted by molar-refractivity contribution is 7.10. The summed E-state index contributed by atoms with van der Waals surface area (Å²) >= 11 is 1.47. The van der Waals surface area contributed by atoms with Gasteiger partial charge < -0.3 is 14.7 Å². The zero-order valence-corrected chi connectivity index (χ0v) is 19.7. The monoisotopic (exact) mass is 478 g/mol. The minimum Gasteiger partial charge on any atom is -0.507 e. The molecule has 0 radical (unpaired) electrons. The van der Waals surface area contributed by atoms with Gasteiger partial charge in [-0.3, -0.25) is 14.5 Å². The number of carbonyl (C=O) groups is 2. The Labute approximate surface area is 201 Å². The average molecular weight is 479 g/mol. The first-order valence-electron chi connectivity index (χ1n) is 11.3. The molecule has 0 saturated carbocycles. The normalized spacial score (nSPS) is 20.9. The maximum Gasteiger partial charge on any atom is 0.295 e. The van der Waals surface area contributed by atoms with E-state index >= 15 is 0 Å². The lowest BCUT2D eigenvalue weighted by Crippen LogP contribution is -2.42. The van der Waals surface area contributed by atoms with Gasteiger partial charge in [-0.1, -0.05) is 24.3 Å². The lowest BCUT2D eigenvalue weighted by Gasteiger charge is -2.30. The van der Waals surface area contributed by atoms with Crippen molar-refractivity contribution in [1.82, 2.24) is 19.6 Å². The van der Waals surface area contributed by atoms with Gasteiger partial charge in [0.1, 0.15) is 5.76 Å². The summed E-state index contributed by atoms with van der Waals surface area (Å²) < 4.78 is 7.12. The number of benzene rings is 1. The summed E-state index contributed by atoms with van der Waals surface area (Å²) in [6.45, 7) is 5.80. The molecule has 8 nitrogen and oxygen atoms in total. The highest BCUT2D eigenvalue weighted by Crippen LogP contribution is 2.41. The van der Waals surface area contributed by atoms with Crippen molar-refractivity contribution < 1.29 is 19.4 Å². The molecule has 2 saturated heterocycles. The first kappa shape index (κ1) is 22.5. The van der Waals surface area contributed by atoms with Crippen LogP contribution >= 0.6 is 11.3 Å². The molecule has 2 aliphatic heterocycles. The molecule has 9 heteroatoms. The highest BCUT2D eigenvalue weighted by atomic mass is 32.1. The van der Waals surface area contributed by atoms with Gasteiger partial charge in [0.15, 0.2) is 0 Å². The number of amides is 1. The lowest BCUT2D eigenvalue weighted by atomic mass is 10.00. The number of hydrogen-bond donors (Lipinski definition) is 1. The largest absolute Gasteiger partial charge is 0.507 e. The number of nitrogens with zero attached hydrogens (tertiary/aromatic N) is 4. The summed E-state index contributed by atoms with van der Waals surface area (Å²) in [5, 5.41) is 17.7. The van der Waals surface area contributed by atoms with Crippen LogP contribution in [0.2, 0.25) is 0 Å². The Morgan fingerprint density at radius 1 is 1.12 bits per heavy atom. The van der Waals surface area contributed by atoms with E-state index in [0.29, 0.717) is 37.6 Å². The van der Waals surface area contributed by atoms with E-state index in [2.05, 4.69) is 10.00 Å². The number of thiophene rings is 1. The van der Waals surface area contributed by atoms with Gasteiger partial charge in [0.25, 0.3) is 11.7 Å². The van der Waals surface area contributed by atoms with Crippen molar-refractivity contribution in [2.45, 2.75) is 13.0 Å². The minimum absolute atomic E-state index is 0.116. The number of likely N-dealkylation sites (tertiary alicyclic amines) is 1. The van der Waals surface area contributed by atoms with Crippen LogP contribution in [0.5, 0.6) is 0 Å². The second kappa shape index (κ2) is 9.54. The molecule has 1 amide bonds. The molecule has 3 aromatic rings. The topological polar surface area (TPSA) is 87.9 Å². The predicted molar refractivity (Wildman–Crippen MR) is 129 cm³/mol. The first-order valence-corrected chi connectivity index (χ1v) is 12.2. The molecular weight excluding hydrogens is 452 g/mol. The standard InChI is InChI=1S/C25H26N4O4S/c1-17-19(16-26-29(17)18-6-3-2-4-7-18)23(30)21-22(20-8-5-15-34-20)28(25(32)24(21)31)10-9-27-11-13-33-14-12-27/h2-8,15-16,22,30H,9-14H2,1H3/t22-/m1/s1. The number of aliphatic hydroxyl groups is 1. The predicted octanol–water partition coefficient (Wildman–Crippen LogP) is 3.00. The van der Waals surface area contributed by atoms with Gasteiger partial charge in [-0.15, -0.1) is 11.3 Å². The Morgan fingerprint density at radius 2 is 1.88 bits per heavy atom. The number of morpholine rings is 1. The van der Waals surface area contributed by atoms with Crippen molar-refractivity contribution in [2.24, 2.45) is 0 Å². The third-order valence-corrected chi connectivity index (χ3v) is 7.30. The van der Waals surface area contributed by atoms with Gasteiger partial charge in [-0.25, -0.2) is 4.68 Å². The van der Waals surface area contributed by atoms with E-state index in [9.17, 15) is 14.7 Å². The molecule has 4 heterocycles. The summed E-state index contributed by atoms with van der Waals surface area (Å²) in [7, 11) is 0. The van der Waals surface area contributed by atoms with E-state index in [-0.39, 0.29) is 11.3 Å². The Balaban J connectivity index is 1.52. The van der Waals surface area contributed by atoms with Crippen LogP contribution in [-0.4, -0.2) is 75.8 Å². The molecular formula is C25H26N4O4S. The third kappa shape index (κ3) is 4.06. The summed E-state index contributed by atoms with van der Waals surface area (Å²) in [5.74, 6) is -1.43. The van der Waals surface area contributed by atoms with Crippen LogP contribution in [-0.2, 0) is 14.3 Å². The van der Waals surface area contributed by atoms with Crippen LogP contribution in [0.25, 0.3) is 11.4 Å². The van der Waals surface area contributed by atoms with Gasteiger partial charge in [0, 0.05) is 31.1 Å². The number of aliphatic hydroxyl groups excluding tert-OH is 1. The van der Waals surface area contributed by atoms with Crippen LogP contribution < -0.4 is 0 Å². The SMILES string of the molecule is Cc1c(C(O)=C2C(=O)C(=O)N(CCN3CCOCC3)[C@@H]2c2cccs2)cnn1-c1ccccc1. The molecule has 1 atom stereocenters. The number of para-hydroxylation sites is 1. The van der Waals surface area contributed by atoms with E-state index in [4.69, 9.17) is 4.74 Å². The Hall–Kier alpha value is -3.27. The van der Waals surface area contributed by atoms with Crippen molar-refractivity contribution in [3.05, 3.63) is 75.7 Å². The quantitative estimate of drug-likeness (QED) is 0.333. The number of ketones is 1. The molecule has 34 heavy (non-hydrogen) atoms. The van der Waals surface area contributed by atoms with Crippen LogP contribution in [0, 0.1) is 6.92 Å². The number of hydrogen-bond acceptors (Lipinski definition) is 7. The maximum atomic E-state index is 13.2.